The molecule has 0 bridgehead atoms. The molecule has 40 heavy (non-hydrogen) atoms. The third-order valence-electron chi connectivity index (χ3n) is 7.33. The zero-order valence-electron chi connectivity index (χ0n) is 21.2. The van der Waals surface area contributed by atoms with Gasteiger partial charge < -0.3 is 5.11 Å². The minimum absolute atomic E-state index is 0.140. The number of halogens is 5. The third-order valence-corrected chi connectivity index (χ3v) is 9.46. The predicted octanol–water partition coefficient (Wildman–Crippen LogP) is 6.54. The SMILES string of the molecule is O=S(=O)(N1CCC(c2nn(CCO)c3ccc(C(c4ccc(Cl)cc4)c4ccc(Cl)cc4)cc23)CC1)C(F)(F)F. The lowest BCUT2D eigenvalue weighted by atomic mass is 9.84. The van der Waals surface area contributed by atoms with Gasteiger partial charge >= 0.3 is 15.5 Å². The molecule has 6 nitrogen and oxygen atoms in total. The summed E-state index contributed by atoms with van der Waals surface area (Å²) in [5.41, 5.74) is -0.909. The van der Waals surface area contributed by atoms with E-state index in [9.17, 15) is 26.7 Å². The minimum atomic E-state index is -5.38. The molecule has 0 atom stereocenters. The van der Waals surface area contributed by atoms with Crippen molar-refractivity contribution in [1.82, 2.24) is 14.1 Å². The third kappa shape index (κ3) is 5.60. The largest absolute Gasteiger partial charge is 0.511 e. The zero-order chi connectivity index (χ0) is 28.7. The van der Waals surface area contributed by atoms with Crippen LogP contribution in [0.15, 0.2) is 66.7 Å². The number of piperidine rings is 1. The molecule has 0 spiro atoms. The maximum absolute atomic E-state index is 13.1. The van der Waals surface area contributed by atoms with E-state index in [-0.39, 0.29) is 50.9 Å². The number of aromatic nitrogens is 2. The summed E-state index contributed by atoms with van der Waals surface area (Å²) in [6.45, 7) is -0.398. The van der Waals surface area contributed by atoms with E-state index in [1.165, 1.54) is 0 Å². The average molecular weight is 613 g/mol. The summed E-state index contributed by atoms with van der Waals surface area (Å²) in [5.74, 6) is -0.423. The van der Waals surface area contributed by atoms with Gasteiger partial charge in [-0.05, 0) is 65.9 Å². The Balaban J connectivity index is 1.56. The van der Waals surface area contributed by atoms with E-state index in [4.69, 9.17) is 28.3 Å². The first kappa shape index (κ1) is 28.9. The molecule has 5 rings (SSSR count). The predicted molar refractivity (Wildman–Crippen MR) is 149 cm³/mol. The summed E-state index contributed by atoms with van der Waals surface area (Å²) < 4.78 is 65.3. The van der Waals surface area contributed by atoms with E-state index in [2.05, 4.69) is 0 Å². The van der Waals surface area contributed by atoms with Crippen molar-refractivity contribution in [1.29, 1.82) is 0 Å². The van der Waals surface area contributed by atoms with E-state index < -0.39 is 15.5 Å². The molecule has 0 saturated carbocycles. The molecule has 12 heteroatoms. The summed E-state index contributed by atoms with van der Waals surface area (Å²) in [5, 5.41) is 16.4. The Labute approximate surface area is 240 Å². The standard InChI is InChI=1S/C28H26Cl2F3N3O3S/c29-22-6-1-18(2-7-22)26(19-3-8-23(30)9-4-19)21-5-10-25-24(17-21)27(34-36(25)15-16-37)20-11-13-35(14-12-20)40(38,39)28(31,32)33/h1-10,17,20,26,37H,11-16H2. The van der Waals surface area contributed by atoms with Crippen LogP contribution in [0.25, 0.3) is 10.9 Å². The topological polar surface area (TPSA) is 75.4 Å². The van der Waals surface area contributed by atoms with E-state index in [1.807, 2.05) is 66.7 Å². The Morgan fingerprint density at radius 3 is 1.93 bits per heavy atom. The normalized spacial score (nSPS) is 15.8. The fraction of sp³-hybridized carbons (Fsp3) is 0.321. The zero-order valence-corrected chi connectivity index (χ0v) is 23.5. The quantitative estimate of drug-likeness (QED) is 0.241. The van der Waals surface area contributed by atoms with Crippen molar-refractivity contribution in [3.8, 4) is 0 Å². The average Bonchev–Trinajstić information content (AvgIpc) is 3.28. The maximum Gasteiger partial charge on any atom is 0.511 e. The molecule has 0 unspecified atom stereocenters. The van der Waals surface area contributed by atoms with Crippen LogP contribution in [0.1, 0.15) is 47.1 Å². The van der Waals surface area contributed by atoms with Crippen LogP contribution in [-0.4, -0.2) is 52.8 Å². The highest BCUT2D eigenvalue weighted by molar-refractivity contribution is 7.90. The molecule has 2 heterocycles. The van der Waals surface area contributed by atoms with Crippen molar-refractivity contribution in [2.24, 2.45) is 0 Å². The van der Waals surface area contributed by atoms with Crippen LogP contribution in [0, 0.1) is 0 Å². The molecule has 0 aliphatic carbocycles. The van der Waals surface area contributed by atoms with Gasteiger partial charge in [0.2, 0.25) is 0 Å². The summed E-state index contributed by atoms with van der Waals surface area (Å²) in [6.07, 6.45) is 0.394. The summed E-state index contributed by atoms with van der Waals surface area (Å²) >= 11 is 12.3. The van der Waals surface area contributed by atoms with Gasteiger partial charge in [-0.2, -0.15) is 22.6 Å². The Kier molecular flexibility index (Phi) is 8.18. The molecule has 3 aromatic carbocycles. The van der Waals surface area contributed by atoms with Crippen molar-refractivity contribution >= 4 is 44.1 Å². The van der Waals surface area contributed by atoms with Gasteiger partial charge in [0.1, 0.15) is 0 Å². The Morgan fingerprint density at radius 2 is 1.43 bits per heavy atom. The van der Waals surface area contributed by atoms with Gasteiger partial charge in [-0.3, -0.25) is 4.68 Å². The molecule has 1 N–H and O–H groups in total. The lowest BCUT2D eigenvalue weighted by molar-refractivity contribution is -0.0494. The summed E-state index contributed by atoms with van der Waals surface area (Å²) in [7, 11) is -5.38. The first-order valence-electron chi connectivity index (χ1n) is 12.7. The fourth-order valence-electron chi connectivity index (χ4n) is 5.37. The van der Waals surface area contributed by atoms with Crippen molar-refractivity contribution < 1.29 is 26.7 Å². The monoisotopic (exact) mass is 611 g/mol. The number of hydrogen-bond donors (Lipinski definition) is 1. The molecule has 1 saturated heterocycles. The van der Waals surface area contributed by atoms with Crippen LogP contribution in [0.2, 0.25) is 10.0 Å². The van der Waals surface area contributed by atoms with E-state index in [0.717, 1.165) is 27.6 Å². The molecular weight excluding hydrogens is 586 g/mol. The number of benzene rings is 3. The number of alkyl halides is 3. The van der Waals surface area contributed by atoms with Gasteiger partial charge in [0.25, 0.3) is 0 Å². The van der Waals surface area contributed by atoms with Crippen LogP contribution >= 0.6 is 23.2 Å². The molecule has 0 amide bonds. The number of aliphatic hydroxyl groups is 1. The van der Waals surface area contributed by atoms with Crippen LogP contribution in [0.5, 0.6) is 0 Å². The number of rotatable bonds is 7. The lowest BCUT2D eigenvalue weighted by Gasteiger charge is -2.31. The Bertz CT molecular complexity index is 1550. The molecule has 4 aromatic rings. The van der Waals surface area contributed by atoms with Gasteiger partial charge in [0.05, 0.1) is 24.4 Å². The Hall–Kier alpha value is -2.63. The number of hydrogen-bond acceptors (Lipinski definition) is 4. The first-order chi connectivity index (χ1) is 19.0. The van der Waals surface area contributed by atoms with Crippen molar-refractivity contribution in [3.05, 3.63) is 99.2 Å². The van der Waals surface area contributed by atoms with Gasteiger partial charge in [-0.15, -0.1) is 0 Å². The highest BCUT2D eigenvalue weighted by Gasteiger charge is 2.50. The Morgan fingerprint density at radius 1 is 0.900 bits per heavy atom. The van der Waals surface area contributed by atoms with E-state index in [1.54, 1.807) is 4.68 Å². The maximum atomic E-state index is 13.1. The van der Waals surface area contributed by atoms with Crippen molar-refractivity contribution in [3.63, 3.8) is 0 Å². The molecule has 1 aromatic heterocycles. The molecule has 1 aliphatic rings. The second-order valence-corrected chi connectivity index (χ2v) is 12.6. The number of fused-ring (bicyclic) bond motifs is 1. The van der Waals surface area contributed by atoms with Gasteiger partial charge in [-0.25, -0.2) is 8.42 Å². The van der Waals surface area contributed by atoms with E-state index >= 15 is 0 Å². The summed E-state index contributed by atoms with van der Waals surface area (Å²) in [6, 6.07) is 21.1. The van der Waals surface area contributed by atoms with Crippen LogP contribution < -0.4 is 0 Å². The molecule has 212 valence electrons. The summed E-state index contributed by atoms with van der Waals surface area (Å²) in [4.78, 5) is 0. The van der Waals surface area contributed by atoms with Crippen LogP contribution in [0.3, 0.4) is 0 Å². The van der Waals surface area contributed by atoms with Gasteiger partial charge in [0.15, 0.2) is 0 Å². The van der Waals surface area contributed by atoms with Gasteiger partial charge in [0, 0.05) is 40.4 Å². The number of sulfonamides is 1. The lowest BCUT2D eigenvalue weighted by Crippen LogP contribution is -2.44. The van der Waals surface area contributed by atoms with Crippen LogP contribution in [0.4, 0.5) is 13.2 Å². The van der Waals surface area contributed by atoms with Gasteiger partial charge in [-0.1, -0.05) is 53.5 Å². The molecular formula is C28H26Cl2F3N3O3S. The van der Waals surface area contributed by atoms with Crippen LogP contribution in [-0.2, 0) is 16.6 Å². The second-order valence-electron chi connectivity index (χ2n) is 9.77. The minimum Gasteiger partial charge on any atom is -0.394 e. The molecule has 1 fully saturated rings. The molecule has 0 radical (unpaired) electrons. The smallest absolute Gasteiger partial charge is 0.394 e. The number of nitrogens with zero attached hydrogens (tertiary/aromatic N) is 3. The highest BCUT2D eigenvalue weighted by atomic mass is 35.5. The second kappa shape index (κ2) is 11.3. The fourth-order valence-corrected chi connectivity index (χ4v) is 6.61. The van der Waals surface area contributed by atoms with Crippen molar-refractivity contribution in [2.75, 3.05) is 19.7 Å². The highest BCUT2D eigenvalue weighted by Crippen LogP contribution is 2.39. The number of aliphatic hydroxyl groups excluding tert-OH is 1. The van der Waals surface area contributed by atoms with Crippen molar-refractivity contribution in [2.45, 2.75) is 36.7 Å². The first-order valence-corrected chi connectivity index (χ1v) is 14.9. The van der Waals surface area contributed by atoms with E-state index in [0.29, 0.717) is 20.0 Å². The molecule has 1 aliphatic heterocycles.